The van der Waals surface area contributed by atoms with Crippen LogP contribution in [0.5, 0.6) is 0 Å². The van der Waals surface area contributed by atoms with Gasteiger partial charge in [0, 0.05) is 18.1 Å². The minimum absolute atomic E-state index is 1.02. The average molecular weight is 263 g/mol. The molecule has 0 aliphatic carbocycles. The molecule has 0 bridgehead atoms. The predicted octanol–water partition coefficient (Wildman–Crippen LogP) is 4.24. The smallest absolute Gasteiger partial charge is 0.146 e. The van der Waals surface area contributed by atoms with Gasteiger partial charge in [-0.05, 0) is 24.6 Å². The molecule has 0 unspecified atom stereocenters. The van der Waals surface area contributed by atoms with Crippen molar-refractivity contribution < 1.29 is 0 Å². The number of aromatic nitrogens is 3. The molecular weight excluding hydrogens is 246 g/mol. The van der Waals surface area contributed by atoms with Crippen LogP contribution in [0, 0.1) is 0 Å². The second kappa shape index (κ2) is 4.37. The summed E-state index contributed by atoms with van der Waals surface area (Å²) >= 11 is 0. The first-order chi connectivity index (χ1) is 9.90. The molecule has 0 aliphatic rings. The van der Waals surface area contributed by atoms with Crippen molar-refractivity contribution in [3.63, 3.8) is 0 Å². The molecule has 0 amide bonds. The fourth-order valence-corrected chi connectivity index (χ4v) is 2.99. The van der Waals surface area contributed by atoms with E-state index in [4.69, 9.17) is 4.98 Å². The molecule has 0 atom stereocenters. The van der Waals surface area contributed by atoms with Gasteiger partial charge < -0.3 is 4.57 Å². The maximum Gasteiger partial charge on any atom is 0.146 e. The Kier molecular flexibility index (Phi) is 2.52. The van der Waals surface area contributed by atoms with Crippen molar-refractivity contribution >= 4 is 27.7 Å². The lowest BCUT2D eigenvalue weighted by Crippen LogP contribution is -1.99. The Morgan fingerprint density at radius 2 is 1.90 bits per heavy atom. The molecule has 0 radical (unpaired) electrons. The summed E-state index contributed by atoms with van der Waals surface area (Å²) in [4.78, 5) is 4.81. The van der Waals surface area contributed by atoms with Crippen molar-refractivity contribution in [1.29, 1.82) is 0 Å². The average Bonchev–Trinajstić information content (AvgIpc) is 3.01. The normalized spacial score (nSPS) is 11.8. The topological polar surface area (TPSA) is 22.2 Å². The molecule has 1 aromatic carbocycles. The van der Waals surface area contributed by atoms with Crippen LogP contribution in [0.4, 0.5) is 0 Å². The van der Waals surface area contributed by atoms with Gasteiger partial charge in [0.2, 0.25) is 0 Å². The highest BCUT2D eigenvalue weighted by Crippen LogP contribution is 2.29. The van der Waals surface area contributed by atoms with Crippen molar-refractivity contribution in [1.82, 2.24) is 14.0 Å². The molecule has 0 fully saturated rings. The third-order valence-electron chi connectivity index (χ3n) is 3.95. The number of aryl methyl sites for hydroxylation is 1. The van der Waals surface area contributed by atoms with Gasteiger partial charge in [-0.3, -0.25) is 4.40 Å². The maximum atomic E-state index is 4.81. The predicted molar refractivity (Wildman–Crippen MR) is 83.1 cm³/mol. The summed E-state index contributed by atoms with van der Waals surface area (Å²) in [5.41, 5.74) is 4.64. The summed E-state index contributed by atoms with van der Waals surface area (Å²) in [7, 11) is 0. The van der Waals surface area contributed by atoms with Crippen LogP contribution in [0.25, 0.3) is 27.7 Å². The SMILES string of the molecule is CCCCn1c2ccccc2c2nc3ccccn3c21. The summed E-state index contributed by atoms with van der Waals surface area (Å²) in [5, 5.41) is 1.25. The van der Waals surface area contributed by atoms with Gasteiger partial charge in [-0.25, -0.2) is 4.98 Å². The zero-order valence-corrected chi connectivity index (χ0v) is 11.6. The second-order valence-corrected chi connectivity index (χ2v) is 5.24. The van der Waals surface area contributed by atoms with E-state index in [0.29, 0.717) is 0 Å². The fourth-order valence-electron chi connectivity index (χ4n) is 2.99. The highest BCUT2D eigenvalue weighted by atomic mass is 15.1. The quantitative estimate of drug-likeness (QED) is 0.542. The van der Waals surface area contributed by atoms with E-state index in [1.54, 1.807) is 0 Å². The monoisotopic (exact) mass is 263 g/mol. The number of nitrogens with zero attached hydrogens (tertiary/aromatic N) is 3. The van der Waals surface area contributed by atoms with Crippen molar-refractivity contribution in [2.45, 2.75) is 26.3 Å². The van der Waals surface area contributed by atoms with Crippen LogP contribution in [0.1, 0.15) is 19.8 Å². The van der Waals surface area contributed by atoms with E-state index in [1.165, 1.54) is 29.4 Å². The highest BCUT2D eigenvalue weighted by molar-refractivity contribution is 6.06. The number of imidazole rings is 1. The van der Waals surface area contributed by atoms with E-state index < -0.39 is 0 Å². The van der Waals surface area contributed by atoms with Gasteiger partial charge in [-0.2, -0.15) is 0 Å². The first-order valence-electron chi connectivity index (χ1n) is 7.24. The Hall–Kier alpha value is -2.29. The van der Waals surface area contributed by atoms with Crippen molar-refractivity contribution in [2.75, 3.05) is 0 Å². The van der Waals surface area contributed by atoms with E-state index in [-0.39, 0.29) is 0 Å². The third-order valence-corrected chi connectivity index (χ3v) is 3.95. The molecule has 3 aromatic heterocycles. The lowest BCUT2D eigenvalue weighted by molar-refractivity contribution is 0.659. The first kappa shape index (κ1) is 11.5. The zero-order valence-electron chi connectivity index (χ0n) is 11.6. The number of unbranched alkanes of at least 4 members (excludes halogenated alkanes) is 1. The van der Waals surface area contributed by atoms with Crippen LogP contribution in [-0.2, 0) is 6.54 Å². The lowest BCUT2D eigenvalue weighted by Gasteiger charge is -2.06. The van der Waals surface area contributed by atoms with Gasteiger partial charge in [0.15, 0.2) is 0 Å². The van der Waals surface area contributed by atoms with Gasteiger partial charge in [-0.15, -0.1) is 0 Å². The molecule has 0 N–H and O–H groups in total. The molecule has 3 heteroatoms. The molecule has 0 spiro atoms. The van der Waals surface area contributed by atoms with E-state index in [0.717, 1.165) is 17.7 Å². The molecule has 3 heterocycles. The lowest BCUT2D eigenvalue weighted by atomic mass is 10.2. The van der Waals surface area contributed by atoms with Gasteiger partial charge in [0.25, 0.3) is 0 Å². The van der Waals surface area contributed by atoms with Gasteiger partial charge in [-0.1, -0.05) is 37.6 Å². The molecule has 0 saturated heterocycles. The van der Waals surface area contributed by atoms with Crippen LogP contribution >= 0.6 is 0 Å². The summed E-state index contributed by atoms with van der Waals surface area (Å²) in [6.07, 6.45) is 4.49. The molecule has 0 aliphatic heterocycles. The standard InChI is InChI=1S/C17H17N3/c1-2-3-11-19-14-9-5-4-8-13(14)16-17(19)20-12-7-6-10-15(20)18-16/h4-10,12H,2-3,11H2,1H3. The van der Waals surface area contributed by atoms with E-state index in [2.05, 4.69) is 58.5 Å². The molecule has 4 rings (SSSR count). The summed E-state index contributed by atoms with van der Waals surface area (Å²) in [5.74, 6) is 0. The van der Waals surface area contributed by atoms with Gasteiger partial charge in [0.1, 0.15) is 16.8 Å². The molecular formula is C17H17N3. The minimum Gasteiger partial charge on any atom is -0.325 e. The number of benzene rings is 1. The van der Waals surface area contributed by atoms with Gasteiger partial charge in [0.05, 0.1) is 5.52 Å². The minimum atomic E-state index is 1.02. The van der Waals surface area contributed by atoms with E-state index in [9.17, 15) is 0 Å². The molecule has 20 heavy (non-hydrogen) atoms. The van der Waals surface area contributed by atoms with Crippen molar-refractivity contribution in [3.8, 4) is 0 Å². The summed E-state index contributed by atoms with van der Waals surface area (Å²) < 4.78 is 4.61. The van der Waals surface area contributed by atoms with Crippen LogP contribution < -0.4 is 0 Å². The van der Waals surface area contributed by atoms with Crippen LogP contribution in [0.2, 0.25) is 0 Å². The number of para-hydroxylation sites is 1. The van der Waals surface area contributed by atoms with E-state index >= 15 is 0 Å². The molecule has 4 aromatic rings. The Balaban J connectivity index is 2.16. The molecule has 100 valence electrons. The number of hydrogen-bond donors (Lipinski definition) is 0. The van der Waals surface area contributed by atoms with Crippen LogP contribution in [0.3, 0.4) is 0 Å². The van der Waals surface area contributed by atoms with Crippen molar-refractivity contribution in [3.05, 3.63) is 48.7 Å². The van der Waals surface area contributed by atoms with Crippen LogP contribution in [-0.4, -0.2) is 14.0 Å². The molecule has 3 nitrogen and oxygen atoms in total. The summed E-state index contributed by atoms with van der Waals surface area (Å²) in [6.45, 7) is 3.28. The number of hydrogen-bond acceptors (Lipinski definition) is 1. The number of rotatable bonds is 3. The first-order valence-corrected chi connectivity index (χ1v) is 7.24. The highest BCUT2D eigenvalue weighted by Gasteiger charge is 2.15. The second-order valence-electron chi connectivity index (χ2n) is 5.24. The van der Waals surface area contributed by atoms with Crippen molar-refractivity contribution in [2.24, 2.45) is 0 Å². The van der Waals surface area contributed by atoms with Crippen LogP contribution in [0.15, 0.2) is 48.7 Å². The molecule has 0 saturated carbocycles. The van der Waals surface area contributed by atoms with Gasteiger partial charge >= 0.3 is 0 Å². The Morgan fingerprint density at radius 3 is 2.80 bits per heavy atom. The van der Waals surface area contributed by atoms with E-state index in [1.807, 2.05) is 6.07 Å². The fraction of sp³-hybridized carbons (Fsp3) is 0.235. The summed E-state index contributed by atoms with van der Waals surface area (Å²) in [6, 6.07) is 14.7. The number of fused-ring (bicyclic) bond motifs is 5. The Labute approximate surface area is 117 Å². The maximum absolute atomic E-state index is 4.81. The third kappa shape index (κ3) is 1.49. The Morgan fingerprint density at radius 1 is 1.05 bits per heavy atom. The Bertz CT molecular complexity index is 892. The number of pyridine rings is 1. The largest absolute Gasteiger partial charge is 0.325 e. The zero-order chi connectivity index (χ0) is 13.5.